The lowest BCUT2D eigenvalue weighted by molar-refractivity contribution is -0.280. The minimum atomic E-state index is -1.21. The molecule has 2 saturated carbocycles. The van der Waals surface area contributed by atoms with Crippen LogP contribution in [-0.4, -0.2) is 72.7 Å². The van der Waals surface area contributed by atoms with Gasteiger partial charge in [-0.25, -0.2) is 0 Å². The number of hydrogen-bond acceptors (Lipinski definition) is 6. The van der Waals surface area contributed by atoms with E-state index >= 15 is 0 Å². The minimum absolute atomic E-state index is 0.228. The summed E-state index contributed by atoms with van der Waals surface area (Å²) in [6, 6.07) is 4.84. The van der Waals surface area contributed by atoms with Crippen LogP contribution in [0.2, 0.25) is 0 Å². The average molecular weight is 604 g/mol. The van der Waals surface area contributed by atoms with Gasteiger partial charge in [-0.05, 0) is 126 Å². The van der Waals surface area contributed by atoms with E-state index in [0.717, 1.165) is 32.1 Å². The largest absolute Gasteiger partial charge is 0.388 e. The second kappa shape index (κ2) is 7.86. The van der Waals surface area contributed by atoms with Gasteiger partial charge >= 0.3 is 0 Å². The van der Waals surface area contributed by atoms with Crippen molar-refractivity contribution in [1.82, 2.24) is 4.98 Å². The number of H-pyrrole nitrogens is 1. The first-order valence-corrected chi connectivity index (χ1v) is 17.0. The maximum Gasteiger partial charge on any atom is 0.152 e. The van der Waals surface area contributed by atoms with Crippen LogP contribution in [0.1, 0.15) is 103 Å². The van der Waals surface area contributed by atoms with Crippen molar-refractivity contribution in [2.45, 2.75) is 152 Å². The molecule has 238 valence electrons. The smallest absolute Gasteiger partial charge is 0.152 e. The molecule has 2 aromatic rings. The maximum absolute atomic E-state index is 13.0. The number of ether oxygens (including phenoxy) is 3. The molecule has 7 heteroatoms. The maximum atomic E-state index is 13.0. The van der Waals surface area contributed by atoms with Gasteiger partial charge in [-0.2, -0.15) is 0 Å². The third kappa shape index (κ3) is 3.02. The molecule has 7 nitrogen and oxygen atoms in total. The van der Waals surface area contributed by atoms with Crippen molar-refractivity contribution in [2.24, 2.45) is 17.3 Å². The van der Waals surface area contributed by atoms with E-state index in [1.165, 1.54) is 38.9 Å². The first kappa shape index (κ1) is 28.5. The van der Waals surface area contributed by atoms with Crippen molar-refractivity contribution in [1.29, 1.82) is 0 Å². The van der Waals surface area contributed by atoms with Crippen molar-refractivity contribution in [3.05, 3.63) is 40.6 Å². The highest BCUT2D eigenvalue weighted by Gasteiger charge is 2.86. The number of aromatic amines is 1. The Morgan fingerprint density at radius 1 is 1.00 bits per heavy atom. The Labute approximate surface area is 260 Å². The Bertz CT molecular complexity index is 1660. The molecule has 3 aliphatic heterocycles. The van der Waals surface area contributed by atoms with E-state index in [-0.39, 0.29) is 22.7 Å². The Kier molecular flexibility index (Phi) is 5.09. The minimum Gasteiger partial charge on any atom is -0.388 e. The van der Waals surface area contributed by atoms with E-state index in [2.05, 4.69) is 64.7 Å². The van der Waals surface area contributed by atoms with Gasteiger partial charge in [0.25, 0.3) is 0 Å². The molecule has 8 unspecified atom stereocenters. The standard InChI is InChI=1S/C37H49NO6/c1-31(2)17-23-20-16-25-21(13-18(20)14-24(23)33(5,6)44-31)22-15-19-9-12-36(41)34(7,35(19,8)28(22)38-25)11-10-26-37(36)30(43-37)27(39)29(42-26)32(3,4)40/h13,16-17,19,24,26-27,29-30,38-41H,9-12,14-15H2,1-8H3/t19?,24?,26?,27?,29?,30?,34-,35-,36?,37?/m1/s1. The summed E-state index contributed by atoms with van der Waals surface area (Å²) >= 11 is 0. The molecule has 9 rings (SSSR count). The molecular formula is C37H49NO6. The van der Waals surface area contributed by atoms with Crippen LogP contribution in [0, 0.1) is 17.3 Å². The lowest BCUT2D eigenvalue weighted by Gasteiger charge is -2.66. The van der Waals surface area contributed by atoms with Gasteiger partial charge in [0, 0.05) is 33.3 Å². The molecule has 4 fully saturated rings. The molecule has 2 saturated heterocycles. The summed E-state index contributed by atoms with van der Waals surface area (Å²) in [6.07, 6.45) is 4.74. The molecule has 0 bridgehead atoms. The van der Waals surface area contributed by atoms with Crippen molar-refractivity contribution in [3.63, 3.8) is 0 Å². The fourth-order valence-corrected chi connectivity index (χ4v) is 12.0. The average Bonchev–Trinajstić information content (AvgIpc) is 3.33. The molecule has 4 N–H and O–H groups in total. The first-order chi connectivity index (χ1) is 20.4. The quantitative estimate of drug-likeness (QED) is 0.338. The van der Waals surface area contributed by atoms with Crippen LogP contribution in [0.15, 0.2) is 18.2 Å². The third-order valence-electron chi connectivity index (χ3n) is 14.2. The van der Waals surface area contributed by atoms with Crippen LogP contribution >= 0.6 is 0 Å². The van der Waals surface area contributed by atoms with Crippen molar-refractivity contribution in [3.8, 4) is 0 Å². The number of epoxide rings is 1. The highest BCUT2D eigenvalue weighted by molar-refractivity contribution is 5.92. The summed E-state index contributed by atoms with van der Waals surface area (Å²) in [5, 5.41) is 36.5. The number of benzene rings is 1. The summed E-state index contributed by atoms with van der Waals surface area (Å²) in [4.78, 5) is 3.97. The van der Waals surface area contributed by atoms with Gasteiger partial charge in [0.1, 0.15) is 23.9 Å². The van der Waals surface area contributed by atoms with Gasteiger partial charge in [0.15, 0.2) is 5.60 Å². The van der Waals surface area contributed by atoms with Gasteiger partial charge in [-0.3, -0.25) is 0 Å². The molecular weight excluding hydrogens is 554 g/mol. The number of fused-ring (bicyclic) bond motifs is 10. The second-order valence-corrected chi connectivity index (χ2v) is 17.6. The number of hydrogen-bond donors (Lipinski definition) is 4. The highest BCUT2D eigenvalue weighted by Crippen LogP contribution is 2.75. The van der Waals surface area contributed by atoms with Gasteiger partial charge in [-0.15, -0.1) is 0 Å². The highest BCUT2D eigenvalue weighted by atomic mass is 16.7. The van der Waals surface area contributed by atoms with Crippen LogP contribution in [0.3, 0.4) is 0 Å². The number of aromatic nitrogens is 1. The lowest BCUT2D eigenvalue weighted by atomic mass is 9.40. The molecule has 1 aromatic carbocycles. The molecule has 4 aliphatic carbocycles. The Hall–Kier alpha value is -1.74. The van der Waals surface area contributed by atoms with E-state index in [1.807, 2.05) is 0 Å². The van der Waals surface area contributed by atoms with Crippen LogP contribution < -0.4 is 0 Å². The van der Waals surface area contributed by atoms with E-state index < -0.39 is 40.5 Å². The number of aliphatic hydroxyl groups excluding tert-OH is 1. The zero-order valence-electron chi connectivity index (χ0n) is 27.5. The SMILES string of the molecule is CC1(C)C=C2c3cc4[nH]c5c(c4cc3CC2C(C)(C)O1)CC1CCC2(O)C34OC3C(O)C(C(C)(C)O)OC4CC[C@]2(C)[C@@]51C. The van der Waals surface area contributed by atoms with Crippen molar-refractivity contribution < 1.29 is 29.5 Å². The van der Waals surface area contributed by atoms with Crippen molar-refractivity contribution >= 4 is 16.5 Å². The third-order valence-corrected chi connectivity index (χ3v) is 14.2. The fourth-order valence-electron chi connectivity index (χ4n) is 12.0. The van der Waals surface area contributed by atoms with E-state index in [1.54, 1.807) is 13.8 Å². The van der Waals surface area contributed by atoms with Gasteiger partial charge < -0.3 is 34.5 Å². The second-order valence-electron chi connectivity index (χ2n) is 17.6. The molecule has 0 radical (unpaired) electrons. The molecule has 7 aliphatic rings. The normalized spacial score (nSPS) is 47.5. The van der Waals surface area contributed by atoms with Crippen LogP contribution in [0.5, 0.6) is 0 Å². The molecule has 10 atom stereocenters. The summed E-state index contributed by atoms with van der Waals surface area (Å²) in [6.45, 7) is 16.8. The zero-order valence-corrected chi connectivity index (χ0v) is 27.5. The van der Waals surface area contributed by atoms with E-state index in [4.69, 9.17) is 14.2 Å². The fraction of sp³-hybridized carbons (Fsp3) is 0.730. The summed E-state index contributed by atoms with van der Waals surface area (Å²) < 4.78 is 19.4. The number of nitrogens with one attached hydrogen (secondary N) is 1. The molecule has 1 aromatic heterocycles. The molecule has 4 heterocycles. The molecule has 44 heavy (non-hydrogen) atoms. The predicted octanol–water partition coefficient (Wildman–Crippen LogP) is 5.10. The number of rotatable bonds is 1. The van der Waals surface area contributed by atoms with Crippen LogP contribution in [0.4, 0.5) is 0 Å². The Morgan fingerprint density at radius 2 is 1.75 bits per heavy atom. The monoisotopic (exact) mass is 603 g/mol. The van der Waals surface area contributed by atoms with Gasteiger partial charge in [0.05, 0.1) is 22.9 Å². The molecule has 0 amide bonds. The van der Waals surface area contributed by atoms with E-state index in [9.17, 15) is 15.3 Å². The zero-order chi connectivity index (χ0) is 31.2. The molecule has 1 spiro atoms. The van der Waals surface area contributed by atoms with Gasteiger partial charge in [0.2, 0.25) is 0 Å². The summed E-state index contributed by atoms with van der Waals surface area (Å²) in [5.41, 5.74) is 3.41. The predicted molar refractivity (Wildman–Crippen MR) is 167 cm³/mol. The van der Waals surface area contributed by atoms with Gasteiger partial charge in [-0.1, -0.05) is 13.8 Å². The summed E-state index contributed by atoms with van der Waals surface area (Å²) in [5.74, 6) is 0.762. The van der Waals surface area contributed by atoms with Crippen LogP contribution in [-0.2, 0) is 32.5 Å². The van der Waals surface area contributed by atoms with Crippen LogP contribution in [0.25, 0.3) is 16.5 Å². The Morgan fingerprint density at radius 3 is 2.48 bits per heavy atom. The first-order valence-electron chi connectivity index (χ1n) is 17.0. The lowest BCUT2D eigenvalue weighted by Crippen LogP contribution is -2.76. The Balaban J connectivity index is 1.14. The topological polar surface area (TPSA) is 107 Å². The number of aliphatic hydroxyl groups is 3. The van der Waals surface area contributed by atoms with E-state index in [0.29, 0.717) is 18.3 Å². The summed E-state index contributed by atoms with van der Waals surface area (Å²) in [7, 11) is 0. The van der Waals surface area contributed by atoms with Crippen molar-refractivity contribution in [2.75, 3.05) is 0 Å².